The molecule has 0 spiro atoms. The second-order valence-corrected chi connectivity index (χ2v) is 3.11. The van der Waals surface area contributed by atoms with Gasteiger partial charge >= 0.3 is 0 Å². The summed E-state index contributed by atoms with van der Waals surface area (Å²) in [4.78, 5) is 4.01. The highest BCUT2D eigenvalue weighted by Gasteiger charge is 2.15. The lowest BCUT2D eigenvalue weighted by Crippen LogP contribution is -1.92. The fourth-order valence-corrected chi connectivity index (χ4v) is 1.44. The van der Waals surface area contributed by atoms with Crippen molar-refractivity contribution in [3.8, 4) is 11.5 Å². The maximum absolute atomic E-state index is 5.61. The molecule has 0 fully saturated rings. The molecule has 0 saturated heterocycles. The van der Waals surface area contributed by atoms with Crippen LogP contribution in [0.15, 0.2) is 12.1 Å². The summed E-state index contributed by atoms with van der Waals surface area (Å²) >= 11 is 5.61. The van der Waals surface area contributed by atoms with Crippen molar-refractivity contribution in [2.45, 2.75) is 0 Å². The lowest BCUT2D eigenvalue weighted by Gasteiger charge is -1.98. The van der Waals surface area contributed by atoms with Crippen LogP contribution in [0.2, 0.25) is 5.28 Å². The van der Waals surface area contributed by atoms with Crippen molar-refractivity contribution in [1.29, 1.82) is 0 Å². The lowest BCUT2D eigenvalue weighted by molar-refractivity contribution is 0.174. The van der Waals surface area contributed by atoms with Gasteiger partial charge in [-0.3, -0.25) is 0 Å². The second kappa shape index (κ2) is 2.68. The highest BCUT2D eigenvalue weighted by molar-refractivity contribution is 6.28. The number of nitrogens with zero attached hydrogens (tertiary/aromatic N) is 3. The van der Waals surface area contributed by atoms with E-state index < -0.39 is 0 Å². The topological polar surface area (TPSA) is 57.1 Å². The van der Waals surface area contributed by atoms with E-state index in [1.165, 1.54) is 0 Å². The summed E-state index contributed by atoms with van der Waals surface area (Å²) in [7, 11) is 0. The summed E-state index contributed by atoms with van der Waals surface area (Å²) in [5.41, 5.74) is 1.29. The fourth-order valence-electron chi connectivity index (χ4n) is 1.31. The molecule has 1 aromatic carbocycles. The van der Waals surface area contributed by atoms with Gasteiger partial charge in [0.25, 0.3) is 0 Å². The Morgan fingerprint density at radius 1 is 1.07 bits per heavy atom. The van der Waals surface area contributed by atoms with Gasteiger partial charge in [-0.1, -0.05) is 0 Å². The van der Waals surface area contributed by atoms with Crippen LogP contribution in [0.1, 0.15) is 0 Å². The Balaban J connectivity index is 2.33. The Morgan fingerprint density at radius 3 is 2.57 bits per heavy atom. The van der Waals surface area contributed by atoms with Gasteiger partial charge in [-0.15, -0.1) is 10.2 Å². The van der Waals surface area contributed by atoms with E-state index in [0.717, 1.165) is 0 Å². The van der Waals surface area contributed by atoms with Gasteiger partial charge < -0.3 is 9.47 Å². The monoisotopic (exact) mass is 209 g/mol. The molecule has 6 heteroatoms. The number of benzene rings is 1. The van der Waals surface area contributed by atoms with E-state index in [4.69, 9.17) is 21.1 Å². The molecule has 0 N–H and O–H groups in total. The van der Waals surface area contributed by atoms with Crippen LogP contribution in [-0.2, 0) is 0 Å². The maximum atomic E-state index is 5.61. The number of hydrogen-bond donors (Lipinski definition) is 0. The zero-order valence-corrected chi connectivity index (χ0v) is 7.65. The number of rotatable bonds is 0. The van der Waals surface area contributed by atoms with Crippen molar-refractivity contribution >= 4 is 22.6 Å². The van der Waals surface area contributed by atoms with Crippen molar-refractivity contribution in [2.75, 3.05) is 6.79 Å². The van der Waals surface area contributed by atoms with Crippen LogP contribution in [-0.4, -0.2) is 22.0 Å². The minimum Gasteiger partial charge on any atom is -0.454 e. The predicted octanol–water partition coefficient (Wildman–Crippen LogP) is 1.41. The van der Waals surface area contributed by atoms with Crippen molar-refractivity contribution in [2.24, 2.45) is 0 Å². The SMILES string of the molecule is Clc1nnc2cc3c(cc2n1)OCO3. The first-order chi connectivity index (χ1) is 6.83. The van der Waals surface area contributed by atoms with E-state index in [-0.39, 0.29) is 12.1 Å². The smallest absolute Gasteiger partial charge is 0.243 e. The highest BCUT2D eigenvalue weighted by Crippen LogP contribution is 2.34. The molecule has 0 radical (unpaired) electrons. The molecular formula is C8H4ClN3O2. The summed E-state index contributed by atoms with van der Waals surface area (Å²) in [5.74, 6) is 1.32. The van der Waals surface area contributed by atoms with E-state index in [1.807, 2.05) is 0 Å². The van der Waals surface area contributed by atoms with Gasteiger partial charge in [0.1, 0.15) is 5.52 Å². The van der Waals surface area contributed by atoms with Crippen LogP contribution in [0.4, 0.5) is 0 Å². The molecule has 0 unspecified atom stereocenters. The first kappa shape index (κ1) is 7.75. The Hall–Kier alpha value is -1.62. The summed E-state index contributed by atoms with van der Waals surface area (Å²) in [6.07, 6.45) is 0. The van der Waals surface area contributed by atoms with E-state index >= 15 is 0 Å². The van der Waals surface area contributed by atoms with Crippen LogP contribution in [0.5, 0.6) is 11.5 Å². The van der Waals surface area contributed by atoms with Gasteiger partial charge in [0.2, 0.25) is 12.1 Å². The van der Waals surface area contributed by atoms with Gasteiger partial charge in [-0.25, -0.2) is 4.98 Å². The summed E-state index contributed by atoms with van der Waals surface area (Å²) in [6, 6.07) is 3.46. The number of aromatic nitrogens is 3. The standard InChI is InChI=1S/C8H4ClN3O2/c9-8-10-4-1-6-7(14-3-13-6)2-5(4)11-12-8/h1-2H,3H2. The molecule has 14 heavy (non-hydrogen) atoms. The minimum absolute atomic E-state index is 0.122. The van der Waals surface area contributed by atoms with Crippen molar-refractivity contribution in [3.05, 3.63) is 17.4 Å². The van der Waals surface area contributed by atoms with Crippen molar-refractivity contribution in [1.82, 2.24) is 15.2 Å². The van der Waals surface area contributed by atoms with E-state index in [0.29, 0.717) is 22.5 Å². The molecule has 2 aromatic rings. The molecule has 0 saturated carbocycles. The Morgan fingerprint density at radius 2 is 1.79 bits per heavy atom. The van der Waals surface area contributed by atoms with Crippen molar-refractivity contribution in [3.63, 3.8) is 0 Å². The molecule has 5 nitrogen and oxygen atoms in total. The van der Waals surface area contributed by atoms with Gasteiger partial charge in [-0.05, 0) is 11.6 Å². The van der Waals surface area contributed by atoms with E-state index in [1.54, 1.807) is 12.1 Å². The lowest BCUT2D eigenvalue weighted by atomic mass is 10.3. The normalized spacial score (nSPS) is 13.5. The minimum atomic E-state index is 0.122. The molecule has 1 aromatic heterocycles. The Kier molecular flexibility index (Phi) is 1.49. The highest BCUT2D eigenvalue weighted by atomic mass is 35.5. The van der Waals surface area contributed by atoms with Crippen LogP contribution in [0.25, 0.3) is 11.0 Å². The van der Waals surface area contributed by atoms with E-state index in [9.17, 15) is 0 Å². The van der Waals surface area contributed by atoms with Gasteiger partial charge in [-0.2, -0.15) is 0 Å². The molecule has 1 aliphatic heterocycles. The number of hydrogen-bond acceptors (Lipinski definition) is 5. The van der Waals surface area contributed by atoms with Gasteiger partial charge in [0.15, 0.2) is 11.5 Å². The van der Waals surface area contributed by atoms with Gasteiger partial charge in [0.05, 0.1) is 5.52 Å². The van der Waals surface area contributed by atoms with Crippen LogP contribution in [0.3, 0.4) is 0 Å². The molecule has 70 valence electrons. The number of halogens is 1. The third-order valence-electron chi connectivity index (χ3n) is 1.92. The molecule has 2 heterocycles. The van der Waals surface area contributed by atoms with Crippen molar-refractivity contribution < 1.29 is 9.47 Å². The molecule has 0 bridgehead atoms. The Labute approximate surface area is 83.6 Å². The predicted molar refractivity (Wildman–Crippen MR) is 48.5 cm³/mol. The zero-order chi connectivity index (χ0) is 9.54. The molecule has 0 atom stereocenters. The average Bonchev–Trinajstić information content (AvgIpc) is 2.61. The average molecular weight is 210 g/mol. The van der Waals surface area contributed by atoms with Gasteiger partial charge in [0, 0.05) is 12.1 Å². The van der Waals surface area contributed by atoms with E-state index in [2.05, 4.69) is 15.2 Å². The zero-order valence-electron chi connectivity index (χ0n) is 6.90. The molecule has 0 amide bonds. The number of fused-ring (bicyclic) bond motifs is 2. The quantitative estimate of drug-likeness (QED) is 0.657. The first-order valence-corrected chi connectivity index (χ1v) is 4.30. The second-order valence-electron chi connectivity index (χ2n) is 2.78. The third-order valence-corrected chi connectivity index (χ3v) is 2.08. The molecular weight excluding hydrogens is 206 g/mol. The third kappa shape index (κ3) is 1.06. The molecule has 3 rings (SSSR count). The van der Waals surface area contributed by atoms with Crippen LogP contribution in [0, 0.1) is 0 Å². The molecule has 1 aliphatic rings. The summed E-state index contributed by atoms with van der Waals surface area (Å²) in [6.45, 7) is 0.229. The summed E-state index contributed by atoms with van der Waals surface area (Å²) < 4.78 is 10.4. The van der Waals surface area contributed by atoms with Crippen LogP contribution < -0.4 is 9.47 Å². The molecule has 0 aliphatic carbocycles. The summed E-state index contributed by atoms with van der Waals surface area (Å²) in [5, 5.41) is 7.64. The maximum Gasteiger partial charge on any atom is 0.243 e. The Bertz CT molecular complexity index is 517. The fraction of sp³-hybridized carbons (Fsp3) is 0.125. The largest absolute Gasteiger partial charge is 0.454 e. The first-order valence-electron chi connectivity index (χ1n) is 3.92. The number of ether oxygens (including phenoxy) is 2. The van der Waals surface area contributed by atoms with Crippen LogP contribution >= 0.6 is 11.6 Å².